The van der Waals surface area contributed by atoms with Crippen molar-refractivity contribution in [3.63, 3.8) is 0 Å². The molecular formula is C59H87N4O7P. The van der Waals surface area contributed by atoms with E-state index in [1.165, 1.54) is 12.8 Å². The summed E-state index contributed by atoms with van der Waals surface area (Å²) < 4.78 is 26.3. The van der Waals surface area contributed by atoms with Gasteiger partial charge in [-0.15, -0.1) is 0 Å². The Morgan fingerprint density at radius 1 is 0.634 bits per heavy atom. The first-order valence-electron chi connectivity index (χ1n) is 26.3. The average Bonchev–Trinajstić information content (AvgIpc) is 3.33. The van der Waals surface area contributed by atoms with Gasteiger partial charge in [-0.2, -0.15) is 10.1 Å². The van der Waals surface area contributed by atoms with Gasteiger partial charge in [-0.1, -0.05) is 113 Å². The highest BCUT2D eigenvalue weighted by atomic mass is 31.2. The Bertz CT molecular complexity index is 2520. The number of para-hydroxylation sites is 2. The Morgan fingerprint density at radius 3 is 1.70 bits per heavy atom. The fourth-order valence-corrected chi connectivity index (χ4v) is 13.8. The number of carbonyl (C=O) groups excluding carboxylic acids is 1. The zero-order valence-corrected chi connectivity index (χ0v) is 46.2. The van der Waals surface area contributed by atoms with E-state index in [2.05, 4.69) is 116 Å². The number of nitrogens with zero attached hydrogens (tertiary/aromatic N) is 3. The van der Waals surface area contributed by atoms with Crippen LogP contribution in [0.4, 0.5) is 0 Å². The SMILES string of the molecule is C=O.CCCCN(CP1(=O)Oc2ccccc2-c2ccccc21)C1CC(C)(C)N(OCCC)C(C)(C)C1.CCCCNC1CC(C)(C)N(OCCC)C(C)(C)C1.O=c1oc2ccccc2c2ccccc12. The van der Waals surface area contributed by atoms with Gasteiger partial charge < -0.3 is 19.1 Å². The summed E-state index contributed by atoms with van der Waals surface area (Å²) in [5.74, 6) is 0.730. The molecule has 5 aromatic rings. The summed E-state index contributed by atoms with van der Waals surface area (Å²) in [7, 11) is -3.13. The van der Waals surface area contributed by atoms with E-state index in [4.69, 9.17) is 23.4 Å². The molecule has 390 valence electrons. The number of carbonyl (C=O) groups is 1. The second-order valence-electron chi connectivity index (χ2n) is 22.0. The molecule has 2 fully saturated rings. The third-order valence-electron chi connectivity index (χ3n) is 13.9. The topological polar surface area (TPSA) is 114 Å². The highest BCUT2D eigenvalue weighted by Gasteiger charge is 2.50. The molecule has 0 bridgehead atoms. The lowest BCUT2D eigenvalue weighted by atomic mass is 9.78. The maximum absolute atomic E-state index is 14.7. The maximum Gasteiger partial charge on any atom is 0.344 e. The molecule has 0 radical (unpaired) electrons. The highest BCUT2D eigenvalue weighted by Crippen LogP contribution is 2.56. The largest absolute Gasteiger partial charge is 0.438 e. The summed E-state index contributed by atoms with van der Waals surface area (Å²) in [6, 6.07) is 32.0. The number of piperidine rings is 2. The van der Waals surface area contributed by atoms with E-state index >= 15 is 0 Å². The molecule has 3 aliphatic heterocycles. The summed E-state index contributed by atoms with van der Waals surface area (Å²) in [6.07, 6.45) is 11.4. The van der Waals surface area contributed by atoms with Gasteiger partial charge in [0.25, 0.3) is 7.37 Å². The Labute approximate surface area is 426 Å². The first-order chi connectivity index (χ1) is 33.8. The lowest BCUT2D eigenvalue weighted by Crippen LogP contribution is -2.64. The number of fused-ring (bicyclic) bond motifs is 6. The van der Waals surface area contributed by atoms with E-state index in [1.54, 1.807) is 6.07 Å². The molecule has 11 nitrogen and oxygen atoms in total. The van der Waals surface area contributed by atoms with E-state index < -0.39 is 7.37 Å². The molecular weight excluding hydrogens is 908 g/mol. The molecule has 3 aliphatic rings. The van der Waals surface area contributed by atoms with Crippen molar-refractivity contribution in [3.8, 4) is 16.9 Å². The third kappa shape index (κ3) is 14.3. The first-order valence-corrected chi connectivity index (χ1v) is 28.1. The number of hydrogen-bond acceptors (Lipinski definition) is 11. The van der Waals surface area contributed by atoms with Crippen LogP contribution in [0, 0.1) is 0 Å². The minimum absolute atomic E-state index is 0.0980. The molecule has 2 saturated heterocycles. The summed E-state index contributed by atoms with van der Waals surface area (Å²) in [5, 5.41) is 11.6. The molecule has 4 heterocycles. The van der Waals surface area contributed by atoms with E-state index in [-0.39, 0.29) is 27.8 Å². The van der Waals surface area contributed by atoms with Crippen LogP contribution in [-0.2, 0) is 19.0 Å². The van der Waals surface area contributed by atoms with Gasteiger partial charge in [0.2, 0.25) is 0 Å². The lowest BCUT2D eigenvalue weighted by molar-refractivity contribution is -0.288. The van der Waals surface area contributed by atoms with Gasteiger partial charge >= 0.3 is 5.63 Å². The van der Waals surface area contributed by atoms with Crippen molar-refractivity contribution in [2.75, 3.05) is 32.6 Å². The molecule has 1 unspecified atom stereocenters. The van der Waals surface area contributed by atoms with Crippen LogP contribution < -0.4 is 20.8 Å². The highest BCUT2D eigenvalue weighted by molar-refractivity contribution is 7.67. The monoisotopic (exact) mass is 995 g/mol. The quantitative estimate of drug-likeness (QED) is 0.0441. The van der Waals surface area contributed by atoms with Crippen LogP contribution >= 0.6 is 7.37 Å². The molecule has 1 N–H and O–H groups in total. The molecule has 0 saturated carbocycles. The smallest absolute Gasteiger partial charge is 0.344 e. The Balaban J connectivity index is 0.000000217. The Hall–Kier alpha value is -4.19. The lowest BCUT2D eigenvalue weighted by Gasteiger charge is -2.56. The molecule has 1 atom stereocenters. The standard InChI is InChI=1S/C29H43N2O3P.C16H34N2O.C13H8O2.CH2O/c1-7-9-18-30(23-20-28(3,4)31(33-19-8-2)29(5,6)21-23)22-35(32)27-17-13-11-15-25(27)24-14-10-12-16-26(24)34-35;1-7-9-10-17-14-12-15(3,4)18(19-11-8-2)16(5,6)13-14;14-13-11-7-2-1-5-9(11)10-6-3-4-8-12(10)15-13;1-2/h10-17,23H,7-9,18-22H2,1-6H3;14,17H,7-13H2,1-6H3;1-8H;1H2. The molecule has 0 spiro atoms. The normalized spacial score (nSPS) is 20.3. The van der Waals surface area contributed by atoms with E-state index in [0.717, 1.165) is 111 Å². The van der Waals surface area contributed by atoms with Crippen LogP contribution in [0.3, 0.4) is 0 Å². The predicted molar refractivity (Wildman–Crippen MR) is 295 cm³/mol. The number of hydroxylamine groups is 4. The van der Waals surface area contributed by atoms with Crippen molar-refractivity contribution < 1.29 is 28.0 Å². The Morgan fingerprint density at radius 2 is 1.13 bits per heavy atom. The van der Waals surface area contributed by atoms with Crippen molar-refractivity contribution in [1.29, 1.82) is 0 Å². The van der Waals surface area contributed by atoms with Crippen LogP contribution in [0.1, 0.15) is 147 Å². The fraction of sp³-hybridized carbons (Fsp3) is 0.559. The van der Waals surface area contributed by atoms with Crippen molar-refractivity contribution in [3.05, 3.63) is 107 Å². The van der Waals surface area contributed by atoms with Gasteiger partial charge in [0.15, 0.2) is 0 Å². The van der Waals surface area contributed by atoms with Gasteiger partial charge in [0.05, 0.1) is 30.2 Å². The van der Waals surface area contributed by atoms with Crippen LogP contribution in [0.2, 0.25) is 0 Å². The molecule has 0 amide bonds. The number of benzene rings is 4. The fourth-order valence-electron chi connectivity index (χ4n) is 11.3. The summed E-state index contributed by atoms with van der Waals surface area (Å²) in [4.78, 5) is 34.4. The second kappa shape index (κ2) is 25.7. The summed E-state index contributed by atoms with van der Waals surface area (Å²) in [6.45, 7) is 32.7. The van der Waals surface area contributed by atoms with Crippen molar-refractivity contribution >= 4 is 41.2 Å². The van der Waals surface area contributed by atoms with Gasteiger partial charge in [-0.25, -0.2) is 4.79 Å². The molecule has 8 rings (SSSR count). The second-order valence-corrected chi connectivity index (χ2v) is 24.3. The van der Waals surface area contributed by atoms with E-state index in [0.29, 0.717) is 29.3 Å². The average molecular weight is 995 g/mol. The summed E-state index contributed by atoms with van der Waals surface area (Å²) >= 11 is 0. The number of rotatable bonds is 16. The van der Waals surface area contributed by atoms with Crippen molar-refractivity contribution in [1.82, 2.24) is 20.3 Å². The Kier molecular flexibility index (Phi) is 20.8. The number of hydrogen-bond donors (Lipinski definition) is 1. The first kappa shape index (κ1) is 57.7. The van der Waals surface area contributed by atoms with E-state index in [9.17, 15) is 9.36 Å². The third-order valence-corrected chi connectivity index (χ3v) is 16.2. The molecule has 71 heavy (non-hydrogen) atoms. The van der Waals surface area contributed by atoms with Gasteiger partial charge in [-0.3, -0.25) is 19.1 Å². The minimum atomic E-state index is -3.13. The van der Waals surface area contributed by atoms with Crippen LogP contribution in [0.5, 0.6) is 5.75 Å². The number of unbranched alkanes of at least 4 members (excludes halogenated alkanes) is 2. The maximum atomic E-state index is 14.7. The van der Waals surface area contributed by atoms with Gasteiger partial charge in [0, 0.05) is 45.2 Å². The molecule has 4 aromatic carbocycles. The van der Waals surface area contributed by atoms with Crippen LogP contribution in [0.15, 0.2) is 106 Å². The molecule has 12 heteroatoms. The number of nitrogens with one attached hydrogen (secondary N) is 1. The van der Waals surface area contributed by atoms with Crippen molar-refractivity contribution in [2.45, 2.75) is 182 Å². The summed E-state index contributed by atoms with van der Waals surface area (Å²) in [5.41, 5.74) is 2.37. The molecule has 0 aliphatic carbocycles. The van der Waals surface area contributed by atoms with Crippen molar-refractivity contribution in [2.24, 2.45) is 0 Å². The minimum Gasteiger partial charge on any atom is -0.438 e. The zero-order chi connectivity index (χ0) is 52.0. The van der Waals surface area contributed by atoms with Gasteiger partial charge in [0.1, 0.15) is 18.1 Å². The predicted octanol–water partition coefficient (Wildman–Crippen LogP) is 13.6. The van der Waals surface area contributed by atoms with Crippen LogP contribution in [0.25, 0.3) is 32.9 Å². The van der Waals surface area contributed by atoms with Gasteiger partial charge in [-0.05, 0) is 155 Å². The zero-order valence-electron chi connectivity index (χ0n) is 45.4. The van der Waals surface area contributed by atoms with E-state index in [1.807, 2.05) is 85.7 Å². The van der Waals surface area contributed by atoms with Crippen LogP contribution in [-0.4, -0.2) is 88.6 Å². The molecule has 1 aromatic heterocycles.